The van der Waals surface area contributed by atoms with Crippen LogP contribution in [0, 0.1) is 5.41 Å². The summed E-state index contributed by atoms with van der Waals surface area (Å²) in [7, 11) is 0. The average molecular weight is 249 g/mol. The number of fused-ring (bicyclic) bond motifs is 1. The van der Waals surface area contributed by atoms with Crippen molar-refractivity contribution in [3.8, 4) is 0 Å². The number of rotatable bonds is 1. The van der Waals surface area contributed by atoms with Crippen LogP contribution in [-0.2, 0) is 17.9 Å². The number of nitrogens with two attached hydrogens (primary N) is 1. The lowest BCUT2D eigenvalue weighted by Crippen LogP contribution is -2.51. The van der Waals surface area contributed by atoms with Gasteiger partial charge in [-0.3, -0.25) is 4.79 Å². The fourth-order valence-electron chi connectivity index (χ4n) is 3.06. The second kappa shape index (κ2) is 4.05. The van der Waals surface area contributed by atoms with Crippen LogP contribution < -0.4 is 5.73 Å². The van der Waals surface area contributed by atoms with Gasteiger partial charge in [-0.05, 0) is 19.8 Å². The van der Waals surface area contributed by atoms with E-state index in [0.29, 0.717) is 6.54 Å². The normalized spacial score (nSPS) is 31.4. The Morgan fingerprint density at radius 1 is 1.56 bits per heavy atom. The minimum atomic E-state index is -0.387. The summed E-state index contributed by atoms with van der Waals surface area (Å²) in [5, 5.41) is 7.92. The quantitative estimate of drug-likeness (QED) is 0.768. The third-order valence-corrected chi connectivity index (χ3v) is 4.44. The van der Waals surface area contributed by atoms with Crippen LogP contribution in [0.4, 0.5) is 0 Å². The Kier molecular flexibility index (Phi) is 2.62. The maximum atomic E-state index is 12.7. The summed E-state index contributed by atoms with van der Waals surface area (Å²) in [6, 6.07) is -0.00945. The van der Waals surface area contributed by atoms with E-state index in [1.165, 1.54) is 0 Å². The molecule has 2 N–H and O–H groups in total. The van der Waals surface area contributed by atoms with Crippen molar-refractivity contribution in [2.75, 3.05) is 6.54 Å². The van der Waals surface area contributed by atoms with Gasteiger partial charge in [0, 0.05) is 19.1 Å². The Hall–Kier alpha value is -1.43. The minimum absolute atomic E-state index is 0.00945. The van der Waals surface area contributed by atoms with E-state index in [0.717, 1.165) is 38.2 Å². The first-order valence-corrected chi connectivity index (χ1v) is 6.53. The molecular weight excluding hydrogens is 230 g/mol. The van der Waals surface area contributed by atoms with Gasteiger partial charge in [-0.2, -0.15) is 0 Å². The van der Waals surface area contributed by atoms with E-state index in [1.54, 1.807) is 6.33 Å². The molecule has 1 aromatic heterocycles. The largest absolute Gasteiger partial charge is 0.333 e. The fraction of sp³-hybridized carbons (Fsp3) is 0.750. The van der Waals surface area contributed by atoms with Crippen molar-refractivity contribution in [2.24, 2.45) is 11.1 Å². The van der Waals surface area contributed by atoms with Crippen molar-refractivity contribution in [3.63, 3.8) is 0 Å². The summed E-state index contributed by atoms with van der Waals surface area (Å²) >= 11 is 0. The second-order valence-corrected chi connectivity index (χ2v) is 5.58. The highest BCUT2D eigenvalue weighted by molar-refractivity contribution is 5.83. The summed E-state index contributed by atoms with van der Waals surface area (Å²) in [6.07, 6.45) is 4.62. The van der Waals surface area contributed by atoms with Crippen molar-refractivity contribution in [1.29, 1.82) is 0 Å². The molecule has 1 aromatic rings. The Balaban J connectivity index is 1.79. The Labute approximate surface area is 106 Å². The van der Waals surface area contributed by atoms with Gasteiger partial charge >= 0.3 is 0 Å². The van der Waals surface area contributed by atoms with Crippen LogP contribution in [0.25, 0.3) is 0 Å². The molecule has 6 nitrogen and oxygen atoms in total. The smallest absolute Gasteiger partial charge is 0.230 e. The molecule has 1 saturated carbocycles. The zero-order valence-corrected chi connectivity index (χ0v) is 10.7. The van der Waals surface area contributed by atoms with Gasteiger partial charge in [0.05, 0.1) is 12.0 Å². The molecule has 1 fully saturated rings. The lowest BCUT2D eigenvalue weighted by atomic mass is 9.83. The molecule has 0 bridgehead atoms. The number of amides is 1. The van der Waals surface area contributed by atoms with Crippen LogP contribution in [0.3, 0.4) is 0 Å². The summed E-state index contributed by atoms with van der Waals surface area (Å²) < 4.78 is 2.00. The molecule has 6 heteroatoms. The predicted molar refractivity (Wildman–Crippen MR) is 65.4 cm³/mol. The van der Waals surface area contributed by atoms with E-state index in [-0.39, 0.29) is 17.4 Å². The Bertz CT molecular complexity index is 471. The van der Waals surface area contributed by atoms with Crippen LogP contribution >= 0.6 is 0 Å². The van der Waals surface area contributed by atoms with E-state index >= 15 is 0 Å². The van der Waals surface area contributed by atoms with Gasteiger partial charge in [0.15, 0.2) is 5.82 Å². The molecule has 2 unspecified atom stereocenters. The maximum Gasteiger partial charge on any atom is 0.230 e. The van der Waals surface area contributed by atoms with Gasteiger partial charge in [0.2, 0.25) is 5.91 Å². The summed E-state index contributed by atoms with van der Waals surface area (Å²) in [5.74, 6) is 1.05. The zero-order chi connectivity index (χ0) is 12.8. The molecule has 1 amide bonds. The standard InChI is InChI=1S/C12H19N5O/c1-12(4-2-3-9(12)13)11(18)16-5-6-17-8-14-15-10(17)7-16/h8-9H,2-7,13H2,1H3. The van der Waals surface area contributed by atoms with E-state index < -0.39 is 0 Å². The van der Waals surface area contributed by atoms with Gasteiger partial charge in [0.1, 0.15) is 6.33 Å². The molecule has 1 aliphatic carbocycles. The van der Waals surface area contributed by atoms with Crippen molar-refractivity contribution < 1.29 is 4.79 Å². The molecule has 2 atom stereocenters. The van der Waals surface area contributed by atoms with E-state index in [2.05, 4.69) is 10.2 Å². The van der Waals surface area contributed by atoms with Gasteiger partial charge in [-0.25, -0.2) is 0 Å². The van der Waals surface area contributed by atoms with Crippen LogP contribution in [0.5, 0.6) is 0 Å². The highest BCUT2D eigenvalue weighted by Crippen LogP contribution is 2.38. The SMILES string of the molecule is CC1(C(=O)N2CCn3cnnc3C2)CCCC1N. The third-order valence-electron chi connectivity index (χ3n) is 4.44. The van der Waals surface area contributed by atoms with Crippen LogP contribution in [-0.4, -0.2) is 38.2 Å². The number of aromatic nitrogens is 3. The number of nitrogens with zero attached hydrogens (tertiary/aromatic N) is 4. The Morgan fingerprint density at radius 3 is 3.11 bits per heavy atom. The van der Waals surface area contributed by atoms with Gasteiger partial charge in [-0.1, -0.05) is 6.42 Å². The number of carbonyl (C=O) groups is 1. The van der Waals surface area contributed by atoms with Crippen molar-refractivity contribution in [1.82, 2.24) is 19.7 Å². The lowest BCUT2D eigenvalue weighted by molar-refractivity contribution is -0.143. The number of hydrogen-bond acceptors (Lipinski definition) is 4. The van der Waals surface area contributed by atoms with Gasteiger partial charge in [-0.15, -0.1) is 10.2 Å². The summed E-state index contributed by atoms with van der Waals surface area (Å²) in [6.45, 7) is 4.07. The van der Waals surface area contributed by atoms with Crippen LogP contribution in [0.15, 0.2) is 6.33 Å². The summed E-state index contributed by atoms with van der Waals surface area (Å²) in [4.78, 5) is 14.5. The molecule has 3 rings (SSSR count). The topological polar surface area (TPSA) is 77.0 Å². The van der Waals surface area contributed by atoms with E-state index in [1.807, 2.05) is 16.4 Å². The monoisotopic (exact) mass is 249 g/mol. The third kappa shape index (κ3) is 1.63. The molecule has 0 radical (unpaired) electrons. The van der Waals surface area contributed by atoms with Crippen LogP contribution in [0.1, 0.15) is 32.0 Å². The van der Waals surface area contributed by atoms with Crippen molar-refractivity contribution in [3.05, 3.63) is 12.2 Å². The van der Waals surface area contributed by atoms with Gasteiger partial charge in [0.25, 0.3) is 0 Å². The highest BCUT2D eigenvalue weighted by Gasteiger charge is 2.45. The molecule has 2 heterocycles. The molecule has 2 aliphatic rings. The maximum absolute atomic E-state index is 12.7. The fourth-order valence-corrected chi connectivity index (χ4v) is 3.06. The molecular formula is C12H19N5O. The van der Waals surface area contributed by atoms with Crippen LogP contribution in [0.2, 0.25) is 0 Å². The molecule has 0 aromatic carbocycles. The first-order valence-electron chi connectivity index (χ1n) is 6.53. The van der Waals surface area contributed by atoms with E-state index in [4.69, 9.17) is 5.73 Å². The molecule has 98 valence electrons. The molecule has 0 saturated heterocycles. The van der Waals surface area contributed by atoms with E-state index in [9.17, 15) is 4.79 Å². The first-order chi connectivity index (χ1) is 8.61. The molecule has 18 heavy (non-hydrogen) atoms. The first kappa shape index (κ1) is 11.6. The van der Waals surface area contributed by atoms with Crippen molar-refractivity contribution >= 4 is 5.91 Å². The Morgan fingerprint density at radius 2 is 2.39 bits per heavy atom. The highest BCUT2D eigenvalue weighted by atomic mass is 16.2. The second-order valence-electron chi connectivity index (χ2n) is 5.58. The summed E-state index contributed by atoms with van der Waals surface area (Å²) in [5.41, 5.74) is 5.73. The lowest BCUT2D eigenvalue weighted by Gasteiger charge is -2.36. The molecule has 0 spiro atoms. The number of carbonyl (C=O) groups excluding carboxylic acids is 1. The van der Waals surface area contributed by atoms with Crippen molar-refractivity contribution in [2.45, 2.75) is 45.3 Å². The predicted octanol–water partition coefficient (Wildman–Crippen LogP) is 0.138. The molecule has 1 aliphatic heterocycles. The minimum Gasteiger partial charge on any atom is -0.333 e. The number of hydrogen-bond donors (Lipinski definition) is 1. The zero-order valence-electron chi connectivity index (χ0n) is 10.7. The van der Waals surface area contributed by atoms with Gasteiger partial charge < -0.3 is 15.2 Å². The average Bonchev–Trinajstić information content (AvgIpc) is 2.96.